The summed E-state index contributed by atoms with van der Waals surface area (Å²) in [6, 6.07) is 10.1. The van der Waals surface area contributed by atoms with Crippen LogP contribution in [0.2, 0.25) is 0 Å². The molecule has 2 aromatic carbocycles. The zero-order valence-corrected chi connectivity index (χ0v) is 23.2. The molecule has 2 amide bonds. The molecule has 39 heavy (non-hydrogen) atoms. The van der Waals surface area contributed by atoms with Crippen LogP contribution in [0.1, 0.15) is 51.0 Å². The summed E-state index contributed by atoms with van der Waals surface area (Å²) in [6.07, 6.45) is 5.35. The fraction of sp³-hybridized carbons (Fsp3) is 0.500. The quantitative estimate of drug-likeness (QED) is 0.449. The highest BCUT2D eigenvalue weighted by molar-refractivity contribution is 7.92. The summed E-state index contributed by atoms with van der Waals surface area (Å²) < 4.78 is 51.0. The highest BCUT2D eigenvalue weighted by Crippen LogP contribution is 2.34. The molecule has 1 fully saturated rings. The monoisotopic (exact) mass is 561 g/mol. The number of carbonyl (C=O) groups excluding carboxylic acids is 2. The minimum atomic E-state index is -3.65. The van der Waals surface area contributed by atoms with Crippen molar-refractivity contribution in [3.8, 4) is 11.5 Å². The molecular weight excluding hydrogens is 525 g/mol. The summed E-state index contributed by atoms with van der Waals surface area (Å²) in [5.41, 5.74) is 1.11. The molecule has 9 nitrogen and oxygen atoms in total. The number of sulfonamides is 1. The SMILES string of the molecule is CC(C(=O)NC1CCCC1)N(Cc1ccc(F)cc1)C(=O)CCCN(c1ccc2c(c1)OCCO2)S(C)(=O)=O. The van der Waals surface area contributed by atoms with Gasteiger partial charge in [0.05, 0.1) is 11.9 Å². The first kappa shape index (κ1) is 28.7. The van der Waals surface area contributed by atoms with Crippen molar-refractivity contribution >= 4 is 27.5 Å². The van der Waals surface area contributed by atoms with E-state index in [4.69, 9.17) is 9.47 Å². The number of hydrogen-bond donors (Lipinski definition) is 1. The van der Waals surface area contributed by atoms with Crippen molar-refractivity contribution in [3.05, 3.63) is 53.8 Å². The Morgan fingerprint density at radius 2 is 1.72 bits per heavy atom. The number of halogens is 1. The van der Waals surface area contributed by atoms with Gasteiger partial charge in [0.2, 0.25) is 21.8 Å². The van der Waals surface area contributed by atoms with Crippen molar-refractivity contribution in [2.24, 2.45) is 0 Å². The van der Waals surface area contributed by atoms with Gasteiger partial charge in [0.15, 0.2) is 11.5 Å². The Hall–Kier alpha value is -3.34. The van der Waals surface area contributed by atoms with Crippen LogP contribution in [0.15, 0.2) is 42.5 Å². The van der Waals surface area contributed by atoms with Gasteiger partial charge < -0.3 is 19.7 Å². The van der Waals surface area contributed by atoms with Gasteiger partial charge in [-0.3, -0.25) is 13.9 Å². The maximum Gasteiger partial charge on any atom is 0.242 e. The molecule has 1 unspecified atom stereocenters. The predicted molar refractivity (Wildman–Crippen MR) is 146 cm³/mol. The van der Waals surface area contributed by atoms with E-state index in [9.17, 15) is 22.4 Å². The second-order valence-corrected chi connectivity index (χ2v) is 12.0. The summed E-state index contributed by atoms with van der Waals surface area (Å²) in [7, 11) is -3.65. The number of ether oxygens (including phenoxy) is 2. The van der Waals surface area contributed by atoms with Crippen molar-refractivity contribution in [1.29, 1.82) is 0 Å². The lowest BCUT2D eigenvalue weighted by molar-refractivity contribution is -0.141. The molecule has 212 valence electrons. The first-order valence-corrected chi connectivity index (χ1v) is 15.2. The van der Waals surface area contributed by atoms with Gasteiger partial charge in [-0.2, -0.15) is 0 Å². The van der Waals surface area contributed by atoms with Crippen LogP contribution in [0.5, 0.6) is 11.5 Å². The number of rotatable bonds is 11. The van der Waals surface area contributed by atoms with Crippen LogP contribution in [0, 0.1) is 5.82 Å². The molecule has 4 rings (SSSR count). The van der Waals surface area contributed by atoms with Gasteiger partial charge >= 0.3 is 0 Å². The van der Waals surface area contributed by atoms with Crippen molar-refractivity contribution in [2.45, 2.75) is 64.1 Å². The first-order valence-electron chi connectivity index (χ1n) is 13.3. The third-order valence-electron chi connectivity index (χ3n) is 7.10. The molecule has 2 aliphatic rings. The molecule has 1 saturated carbocycles. The molecule has 1 aliphatic carbocycles. The highest BCUT2D eigenvalue weighted by Gasteiger charge is 2.29. The third kappa shape index (κ3) is 7.62. The smallest absolute Gasteiger partial charge is 0.242 e. The Kier molecular flexibility index (Phi) is 9.32. The van der Waals surface area contributed by atoms with Crippen molar-refractivity contribution in [3.63, 3.8) is 0 Å². The van der Waals surface area contributed by atoms with Crippen LogP contribution < -0.4 is 19.1 Å². The maximum atomic E-state index is 13.5. The molecule has 1 N–H and O–H groups in total. The van der Waals surface area contributed by atoms with Crippen LogP contribution >= 0.6 is 0 Å². The van der Waals surface area contributed by atoms with Gasteiger partial charge in [0.25, 0.3) is 0 Å². The molecule has 1 aliphatic heterocycles. The van der Waals surface area contributed by atoms with E-state index < -0.39 is 16.1 Å². The number of benzene rings is 2. The van der Waals surface area contributed by atoms with Gasteiger partial charge in [-0.05, 0) is 56.0 Å². The van der Waals surface area contributed by atoms with Crippen LogP contribution in [0.25, 0.3) is 0 Å². The fourth-order valence-electron chi connectivity index (χ4n) is 4.95. The lowest BCUT2D eigenvalue weighted by Crippen LogP contribution is -2.49. The molecule has 1 heterocycles. The van der Waals surface area contributed by atoms with Gasteiger partial charge in [0.1, 0.15) is 25.1 Å². The topological polar surface area (TPSA) is 105 Å². The predicted octanol–water partition coefficient (Wildman–Crippen LogP) is 3.62. The molecule has 1 atom stereocenters. The van der Waals surface area contributed by atoms with E-state index >= 15 is 0 Å². The van der Waals surface area contributed by atoms with Gasteiger partial charge in [-0.1, -0.05) is 25.0 Å². The minimum Gasteiger partial charge on any atom is -0.486 e. The zero-order chi connectivity index (χ0) is 28.0. The largest absolute Gasteiger partial charge is 0.486 e. The Morgan fingerprint density at radius 1 is 1.05 bits per heavy atom. The van der Waals surface area contributed by atoms with E-state index in [0.29, 0.717) is 36.0 Å². The number of anilines is 1. The summed E-state index contributed by atoms with van der Waals surface area (Å²) in [5.74, 6) is 0.116. The number of nitrogens with zero attached hydrogens (tertiary/aromatic N) is 2. The molecule has 0 bridgehead atoms. The molecule has 0 spiro atoms. The average Bonchev–Trinajstić information content (AvgIpc) is 3.42. The second kappa shape index (κ2) is 12.7. The number of carbonyl (C=O) groups is 2. The number of nitrogens with one attached hydrogen (secondary N) is 1. The molecular formula is C28H36FN3O6S. The Morgan fingerprint density at radius 3 is 2.38 bits per heavy atom. The van der Waals surface area contributed by atoms with Crippen LogP contribution in [-0.2, 0) is 26.2 Å². The van der Waals surface area contributed by atoms with Crippen LogP contribution in [-0.4, -0.2) is 63.2 Å². The van der Waals surface area contributed by atoms with Gasteiger partial charge in [-0.15, -0.1) is 0 Å². The van der Waals surface area contributed by atoms with E-state index in [0.717, 1.165) is 31.9 Å². The average molecular weight is 562 g/mol. The standard InChI is InChI=1S/C28H36FN3O6S/c1-20(28(34)30-23-6-3-4-7-23)31(19-21-9-11-22(29)12-10-21)27(33)8-5-15-32(39(2,35)36)24-13-14-25-26(18-24)38-17-16-37-25/h9-14,18,20,23H,3-8,15-17,19H2,1-2H3,(H,30,34). The molecule has 0 saturated heterocycles. The van der Waals surface area contributed by atoms with E-state index in [-0.39, 0.29) is 49.6 Å². The first-order chi connectivity index (χ1) is 18.6. The molecule has 2 aromatic rings. The van der Waals surface area contributed by atoms with Gasteiger partial charge in [0, 0.05) is 31.6 Å². The molecule has 0 radical (unpaired) electrons. The lowest BCUT2D eigenvalue weighted by Gasteiger charge is -2.30. The van der Waals surface area contributed by atoms with Crippen LogP contribution in [0.4, 0.5) is 10.1 Å². The Balaban J connectivity index is 1.45. The van der Waals surface area contributed by atoms with E-state index in [1.165, 1.54) is 21.3 Å². The van der Waals surface area contributed by atoms with E-state index in [1.807, 2.05) is 0 Å². The van der Waals surface area contributed by atoms with E-state index in [2.05, 4.69) is 5.32 Å². The third-order valence-corrected chi connectivity index (χ3v) is 8.30. The lowest BCUT2D eigenvalue weighted by atomic mass is 10.1. The van der Waals surface area contributed by atoms with Crippen LogP contribution in [0.3, 0.4) is 0 Å². The van der Waals surface area contributed by atoms with Crippen molar-refractivity contribution in [1.82, 2.24) is 10.2 Å². The van der Waals surface area contributed by atoms with Gasteiger partial charge in [-0.25, -0.2) is 12.8 Å². The minimum absolute atomic E-state index is 0.0266. The summed E-state index contributed by atoms with van der Waals surface area (Å²) in [6.45, 7) is 2.69. The van der Waals surface area contributed by atoms with Crippen molar-refractivity contribution in [2.75, 3.05) is 30.3 Å². The number of hydrogen-bond acceptors (Lipinski definition) is 6. The second-order valence-electron chi connectivity index (χ2n) is 10.1. The zero-order valence-electron chi connectivity index (χ0n) is 22.4. The Bertz CT molecular complexity index is 1260. The summed E-state index contributed by atoms with van der Waals surface area (Å²) >= 11 is 0. The number of amides is 2. The molecule has 0 aromatic heterocycles. The Labute approximate surface area is 229 Å². The normalized spacial score (nSPS) is 16.0. The summed E-state index contributed by atoms with van der Waals surface area (Å²) in [5, 5.41) is 3.05. The highest BCUT2D eigenvalue weighted by atomic mass is 32.2. The summed E-state index contributed by atoms with van der Waals surface area (Å²) in [4.78, 5) is 27.9. The van der Waals surface area contributed by atoms with Crippen molar-refractivity contribution < 1.29 is 31.9 Å². The molecule has 11 heteroatoms. The fourth-order valence-corrected chi connectivity index (χ4v) is 5.91. The maximum absolute atomic E-state index is 13.5. The number of fused-ring (bicyclic) bond motifs is 1. The van der Waals surface area contributed by atoms with E-state index in [1.54, 1.807) is 37.3 Å².